The molecule has 0 aliphatic rings. The van der Waals surface area contributed by atoms with Gasteiger partial charge in [-0.15, -0.1) is 0 Å². The van der Waals surface area contributed by atoms with E-state index < -0.39 is 11.7 Å². The van der Waals surface area contributed by atoms with Crippen molar-refractivity contribution in [3.8, 4) is 6.07 Å². The molecule has 0 unspecified atom stereocenters. The number of nitriles is 1. The van der Waals surface area contributed by atoms with Crippen LogP contribution in [-0.4, -0.2) is 15.9 Å². The minimum Gasteiger partial charge on any atom is -0.340 e. The average Bonchev–Trinajstić information content (AvgIpc) is 2.62. The fourth-order valence-corrected chi connectivity index (χ4v) is 2.09. The van der Waals surface area contributed by atoms with Crippen molar-refractivity contribution in [2.24, 2.45) is 0 Å². The highest BCUT2D eigenvalue weighted by atomic mass is 19.1. The fraction of sp³-hybridized carbons (Fsp3) is 0. The molecule has 1 amide bonds. The lowest BCUT2D eigenvalue weighted by molar-refractivity contribution is 0.102. The monoisotopic (exact) mass is 333 g/mol. The molecule has 6 nitrogen and oxygen atoms in total. The summed E-state index contributed by atoms with van der Waals surface area (Å²) in [5.41, 5.74) is 1.73. The van der Waals surface area contributed by atoms with Crippen LogP contribution in [0.5, 0.6) is 0 Å². The molecule has 0 saturated heterocycles. The first kappa shape index (κ1) is 16.1. The van der Waals surface area contributed by atoms with Gasteiger partial charge >= 0.3 is 0 Å². The van der Waals surface area contributed by atoms with Crippen LogP contribution in [0.2, 0.25) is 0 Å². The van der Waals surface area contributed by atoms with Gasteiger partial charge in [0.05, 0.1) is 11.6 Å². The molecule has 1 heterocycles. The number of benzene rings is 2. The van der Waals surface area contributed by atoms with Crippen molar-refractivity contribution in [1.29, 1.82) is 5.26 Å². The number of carbonyl (C=O) groups excluding carboxylic acids is 1. The molecule has 7 heteroatoms. The van der Waals surface area contributed by atoms with Gasteiger partial charge in [0.25, 0.3) is 5.91 Å². The summed E-state index contributed by atoms with van der Waals surface area (Å²) in [7, 11) is 0. The molecule has 0 saturated carbocycles. The first-order chi connectivity index (χ1) is 12.1. The van der Waals surface area contributed by atoms with Gasteiger partial charge in [0.2, 0.25) is 0 Å². The molecule has 3 aromatic rings. The number of rotatable bonds is 4. The summed E-state index contributed by atoms with van der Waals surface area (Å²) < 4.78 is 13.2. The van der Waals surface area contributed by atoms with Crippen molar-refractivity contribution in [2.45, 2.75) is 0 Å². The Hall–Kier alpha value is -3.79. The standard InChI is InChI=1S/C18H12FN5O/c19-13-2-1-3-15(8-13)24-18(25)16-9-17(22-11-21-16)23-14-6-4-12(10-20)5-7-14/h1-9,11H,(H,24,25)(H,21,22,23). The Balaban J connectivity index is 1.74. The van der Waals surface area contributed by atoms with Crippen LogP contribution in [0.15, 0.2) is 60.9 Å². The van der Waals surface area contributed by atoms with E-state index in [0.29, 0.717) is 22.8 Å². The maximum Gasteiger partial charge on any atom is 0.274 e. The first-order valence-corrected chi connectivity index (χ1v) is 7.30. The Morgan fingerprint density at radius 3 is 2.56 bits per heavy atom. The molecule has 0 bridgehead atoms. The van der Waals surface area contributed by atoms with Crippen LogP contribution < -0.4 is 10.6 Å². The number of anilines is 3. The lowest BCUT2D eigenvalue weighted by atomic mass is 10.2. The second-order valence-corrected chi connectivity index (χ2v) is 5.07. The van der Waals surface area contributed by atoms with Gasteiger partial charge in [0.1, 0.15) is 23.7 Å². The molecule has 2 aromatic carbocycles. The van der Waals surface area contributed by atoms with E-state index in [1.54, 1.807) is 30.3 Å². The van der Waals surface area contributed by atoms with Gasteiger partial charge < -0.3 is 10.6 Å². The van der Waals surface area contributed by atoms with E-state index in [0.717, 1.165) is 0 Å². The Morgan fingerprint density at radius 2 is 1.84 bits per heavy atom. The topological polar surface area (TPSA) is 90.7 Å². The van der Waals surface area contributed by atoms with Gasteiger partial charge in [-0.2, -0.15) is 5.26 Å². The van der Waals surface area contributed by atoms with E-state index in [2.05, 4.69) is 20.6 Å². The number of hydrogen-bond acceptors (Lipinski definition) is 5. The number of amides is 1. The lowest BCUT2D eigenvalue weighted by Crippen LogP contribution is -2.14. The van der Waals surface area contributed by atoms with Gasteiger partial charge in [0.15, 0.2) is 0 Å². The lowest BCUT2D eigenvalue weighted by Gasteiger charge is -2.08. The zero-order valence-corrected chi connectivity index (χ0v) is 12.9. The smallest absolute Gasteiger partial charge is 0.274 e. The maximum absolute atomic E-state index is 13.2. The second-order valence-electron chi connectivity index (χ2n) is 5.07. The molecule has 0 fully saturated rings. The van der Waals surface area contributed by atoms with Crippen molar-refractivity contribution in [1.82, 2.24) is 9.97 Å². The number of halogens is 1. The van der Waals surface area contributed by atoms with E-state index >= 15 is 0 Å². The Bertz CT molecular complexity index is 950. The summed E-state index contributed by atoms with van der Waals surface area (Å²) in [4.78, 5) is 20.2. The Labute approximate surface area is 143 Å². The molecule has 1 aromatic heterocycles. The van der Waals surface area contributed by atoms with Crippen LogP contribution in [0, 0.1) is 17.1 Å². The fourth-order valence-electron chi connectivity index (χ4n) is 2.09. The molecule has 0 spiro atoms. The van der Waals surface area contributed by atoms with Gasteiger partial charge in [-0.25, -0.2) is 14.4 Å². The molecule has 25 heavy (non-hydrogen) atoms. The normalized spacial score (nSPS) is 9.92. The number of carbonyl (C=O) groups is 1. The minimum absolute atomic E-state index is 0.135. The van der Waals surface area contributed by atoms with Crippen molar-refractivity contribution in [2.75, 3.05) is 10.6 Å². The summed E-state index contributed by atoms with van der Waals surface area (Å²) >= 11 is 0. The Morgan fingerprint density at radius 1 is 1.04 bits per heavy atom. The van der Waals surface area contributed by atoms with Crippen LogP contribution in [0.3, 0.4) is 0 Å². The number of hydrogen-bond donors (Lipinski definition) is 2. The second kappa shape index (κ2) is 7.19. The van der Waals surface area contributed by atoms with Crippen LogP contribution in [-0.2, 0) is 0 Å². The maximum atomic E-state index is 13.2. The Kier molecular flexibility index (Phi) is 4.62. The highest BCUT2D eigenvalue weighted by Gasteiger charge is 2.10. The molecular weight excluding hydrogens is 321 g/mol. The molecule has 3 rings (SSSR count). The molecule has 2 N–H and O–H groups in total. The van der Waals surface area contributed by atoms with E-state index in [9.17, 15) is 9.18 Å². The third-order valence-electron chi connectivity index (χ3n) is 3.27. The summed E-state index contributed by atoms with van der Waals surface area (Å²) in [6.07, 6.45) is 1.26. The number of aromatic nitrogens is 2. The zero-order valence-electron chi connectivity index (χ0n) is 12.9. The van der Waals surface area contributed by atoms with E-state index in [4.69, 9.17) is 5.26 Å². The van der Waals surface area contributed by atoms with Gasteiger partial charge in [-0.3, -0.25) is 4.79 Å². The summed E-state index contributed by atoms with van der Waals surface area (Å²) in [6.45, 7) is 0. The molecule has 0 atom stereocenters. The van der Waals surface area contributed by atoms with Crippen LogP contribution in [0.1, 0.15) is 16.1 Å². The first-order valence-electron chi connectivity index (χ1n) is 7.30. The van der Waals surface area contributed by atoms with Crippen molar-refractivity contribution in [3.05, 3.63) is 78.0 Å². The van der Waals surface area contributed by atoms with Crippen molar-refractivity contribution >= 4 is 23.1 Å². The quantitative estimate of drug-likeness (QED) is 0.763. The SMILES string of the molecule is N#Cc1ccc(Nc2cc(C(=O)Nc3cccc(F)c3)ncn2)cc1. The zero-order chi connectivity index (χ0) is 17.6. The molecular formula is C18H12FN5O. The van der Waals surface area contributed by atoms with Gasteiger partial charge in [0, 0.05) is 17.4 Å². The highest BCUT2D eigenvalue weighted by molar-refractivity contribution is 6.03. The van der Waals surface area contributed by atoms with E-state index in [1.165, 1.54) is 30.6 Å². The molecule has 0 aliphatic carbocycles. The van der Waals surface area contributed by atoms with Crippen molar-refractivity contribution in [3.63, 3.8) is 0 Å². The van der Waals surface area contributed by atoms with Crippen LogP contribution in [0.25, 0.3) is 0 Å². The predicted octanol–water partition coefficient (Wildman–Crippen LogP) is 3.48. The van der Waals surface area contributed by atoms with Crippen LogP contribution in [0.4, 0.5) is 21.6 Å². The molecule has 0 radical (unpaired) electrons. The minimum atomic E-state index is -0.476. The largest absolute Gasteiger partial charge is 0.340 e. The van der Waals surface area contributed by atoms with Gasteiger partial charge in [-0.05, 0) is 42.5 Å². The molecule has 0 aliphatic heterocycles. The third-order valence-corrected chi connectivity index (χ3v) is 3.27. The predicted molar refractivity (Wildman–Crippen MR) is 90.8 cm³/mol. The highest BCUT2D eigenvalue weighted by Crippen LogP contribution is 2.16. The summed E-state index contributed by atoms with van der Waals surface area (Å²) in [5.74, 6) is -0.497. The number of nitrogens with zero attached hydrogens (tertiary/aromatic N) is 3. The number of nitrogens with one attached hydrogen (secondary N) is 2. The van der Waals surface area contributed by atoms with Gasteiger partial charge in [-0.1, -0.05) is 6.07 Å². The van der Waals surface area contributed by atoms with Crippen molar-refractivity contribution < 1.29 is 9.18 Å². The summed E-state index contributed by atoms with van der Waals surface area (Å²) in [6, 6.07) is 15.9. The van der Waals surface area contributed by atoms with Crippen LogP contribution >= 0.6 is 0 Å². The molecule has 122 valence electrons. The summed E-state index contributed by atoms with van der Waals surface area (Å²) in [5, 5.41) is 14.4. The average molecular weight is 333 g/mol. The van der Waals surface area contributed by atoms with E-state index in [1.807, 2.05) is 6.07 Å². The van der Waals surface area contributed by atoms with E-state index in [-0.39, 0.29) is 5.69 Å². The third kappa shape index (κ3) is 4.14.